The molecule has 11 heavy (non-hydrogen) atoms. The van der Waals surface area contributed by atoms with Crippen molar-refractivity contribution in [3.63, 3.8) is 0 Å². The first-order valence-corrected chi connectivity index (χ1v) is 3.99. The normalized spacial score (nSPS) is 17.8. The summed E-state index contributed by atoms with van der Waals surface area (Å²) in [6.07, 6.45) is 6.13. The van der Waals surface area contributed by atoms with E-state index in [1.165, 1.54) is 25.7 Å². The molecular weight excluding hydrogens is 167 g/mol. The van der Waals surface area contributed by atoms with Crippen LogP contribution in [0.5, 0.6) is 0 Å². The van der Waals surface area contributed by atoms with Gasteiger partial charge in [-0.25, -0.2) is 0 Å². The third-order valence-electron chi connectivity index (χ3n) is 2.23. The molecule has 0 atom stereocenters. The van der Waals surface area contributed by atoms with Crippen molar-refractivity contribution in [3.8, 4) is 0 Å². The molecule has 0 aromatic carbocycles. The van der Waals surface area contributed by atoms with Crippen LogP contribution in [-0.4, -0.2) is 5.97 Å². The molecule has 0 aromatic heterocycles. The van der Waals surface area contributed by atoms with Crippen molar-refractivity contribution in [2.24, 2.45) is 5.92 Å². The SMILES string of the molecule is O=C([O-])CCC1CCCC1.[K+]. The molecule has 58 valence electrons. The fourth-order valence-electron chi connectivity index (χ4n) is 1.62. The van der Waals surface area contributed by atoms with Crippen LogP contribution in [0, 0.1) is 5.92 Å². The van der Waals surface area contributed by atoms with E-state index in [0.717, 1.165) is 6.42 Å². The van der Waals surface area contributed by atoms with Gasteiger partial charge in [-0.15, -0.1) is 0 Å². The van der Waals surface area contributed by atoms with Crippen molar-refractivity contribution in [2.45, 2.75) is 38.5 Å². The first kappa shape index (κ1) is 12.1. The summed E-state index contributed by atoms with van der Waals surface area (Å²) in [6, 6.07) is 0. The third-order valence-corrected chi connectivity index (χ3v) is 2.23. The van der Waals surface area contributed by atoms with Crippen LogP contribution in [0.3, 0.4) is 0 Å². The molecule has 1 fully saturated rings. The second-order valence-electron chi connectivity index (χ2n) is 3.06. The van der Waals surface area contributed by atoms with Gasteiger partial charge in [0.25, 0.3) is 0 Å². The average molecular weight is 180 g/mol. The summed E-state index contributed by atoms with van der Waals surface area (Å²) in [5.41, 5.74) is 0. The van der Waals surface area contributed by atoms with Crippen molar-refractivity contribution in [2.75, 3.05) is 0 Å². The molecule has 0 unspecified atom stereocenters. The van der Waals surface area contributed by atoms with E-state index in [9.17, 15) is 9.90 Å². The maximum absolute atomic E-state index is 10.0. The third kappa shape index (κ3) is 5.36. The molecular formula is C8H13KO2. The monoisotopic (exact) mass is 180 g/mol. The molecule has 1 aliphatic rings. The van der Waals surface area contributed by atoms with E-state index in [1.807, 2.05) is 0 Å². The van der Waals surface area contributed by atoms with Crippen LogP contribution >= 0.6 is 0 Å². The van der Waals surface area contributed by atoms with E-state index in [1.54, 1.807) is 0 Å². The largest absolute Gasteiger partial charge is 1.00 e. The van der Waals surface area contributed by atoms with Gasteiger partial charge in [0.2, 0.25) is 0 Å². The predicted molar refractivity (Wildman–Crippen MR) is 36.2 cm³/mol. The second kappa shape index (κ2) is 6.60. The molecule has 3 heteroatoms. The van der Waals surface area contributed by atoms with Gasteiger partial charge in [-0.05, 0) is 18.8 Å². The van der Waals surface area contributed by atoms with Crippen LogP contribution in [0.2, 0.25) is 0 Å². The summed E-state index contributed by atoms with van der Waals surface area (Å²) in [4.78, 5) is 10.0. The van der Waals surface area contributed by atoms with Crippen molar-refractivity contribution in [1.82, 2.24) is 0 Å². The minimum atomic E-state index is -0.896. The minimum absolute atomic E-state index is 0. The van der Waals surface area contributed by atoms with Crippen LogP contribution in [0.15, 0.2) is 0 Å². The molecule has 1 aliphatic carbocycles. The Bertz CT molecular complexity index is 119. The molecule has 0 N–H and O–H groups in total. The molecule has 1 rings (SSSR count). The second-order valence-corrected chi connectivity index (χ2v) is 3.06. The van der Waals surface area contributed by atoms with Crippen molar-refractivity contribution in [3.05, 3.63) is 0 Å². The number of hydrogen-bond donors (Lipinski definition) is 0. The number of hydrogen-bond acceptors (Lipinski definition) is 2. The molecule has 0 amide bonds. The zero-order valence-corrected chi connectivity index (χ0v) is 10.3. The molecule has 0 aromatic rings. The summed E-state index contributed by atoms with van der Waals surface area (Å²) in [7, 11) is 0. The summed E-state index contributed by atoms with van der Waals surface area (Å²) in [5.74, 6) is -0.218. The van der Waals surface area contributed by atoms with Crippen LogP contribution in [0.4, 0.5) is 0 Å². The molecule has 0 spiro atoms. The zero-order chi connectivity index (χ0) is 7.40. The van der Waals surface area contributed by atoms with Gasteiger partial charge >= 0.3 is 51.4 Å². The summed E-state index contributed by atoms with van der Waals surface area (Å²) in [5, 5.41) is 10.0. The van der Waals surface area contributed by atoms with Gasteiger partial charge in [0.15, 0.2) is 0 Å². The molecule has 0 radical (unpaired) electrons. The molecule has 1 saturated carbocycles. The fraction of sp³-hybridized carbons (Fsp3) is 0.875. The van der Waals surface area contributed by atoms with Crippen LogP contribution < -0.4 is 56.5 Å². The van der Waals surface area contributed by atoms with E-state index in [-0.39, 0.29) is 57.8 Å². The summed E-state index contributed by atoms with van der Waals surface area (Å²) < 4.78 is 0. The van der Waals surface area contributed by atoms with Gasteiger partial charge in [-0.3, -0.25) is 0 Å². The molecule has 0 saturated heterocycles. The fourth-order valence-corrected chi connectivity index (χ4v) is 1.62. The Labute approximate surface area is 110 Å². The number of carboxylic acid groups (broad SMARTS) is 1. The van der Waals surface area contributed by atoms with Crippen molar-refractivity contribution < 1.29 is 61.3 Å². The number of carboxylic acids is 1. The Hall–Kier alpha value is 1.11. The van der Waals surface area contributed by atoms with Gasteiger partial charge < -0.3 is 9.90 Å². The Morgan fingerprint density at radius 2 is 1.91 bits per heavy atom. The number of rotatable bonds is 3. The molecule has 0 aliphatic heterocycles. The van der Waals surface area contributed by atoms with Crippen molar-refractivity contribution in [1.29, 1.82) is 0 Å². The predicted octanol–water partition coefficient (Wildman–Crippen LogP) is -2.29. The quantitative estimate of drug-likeness (QED) is 0.459. The molecule has 0 bridgehead atoms. The van der Waals surface area contributed by atoms with Gasteiger partial charge in [0.1, 0.15) is 0 Å². The first-order valence-electron chi connectivity index (χ1n) is 3.99. The maximum Gasteiger partial charge on any atom is 1.00 e. The van der Waals surface area contributed by atoms with Crippen LogP contribution in [0.25, 0.3) is 0 Å². The number of aliphatic carboxylic acids is 1. The Kier molecular flexibility index (Phi) is 7.27. The summed E-state index contributed by atoms with van der Waals surface area (Å²) in [6.45, 7) is 0. The Morgan fingerprint density at radius 3 is 2.36 bits per heavy atom. The van der Waals surface area contributed by atoms with Gasteiger partial charge in [-0.1, -0.05) is 25.7 Å². The Balaban J connectivity index is 0.000001000. The van der Waals surface area contributed by atoms with Crippen LogP contribution in [0.1, 0.15) is 38.5 Å². The van der Waals surface area contributed by atoms with E-state index < -0.39 is 5.97 Å². The summed E-state index contributed by atoms with van der Waals surface area (Å²) >= 11 is 0. The standard InChI is InChI=1S/C8H14O2.K/c9-8(10)6-5-7-3-1-2-4-7;/h7H,1-6H2,(H,9,10);/q;+1/p-1. The van der Waals surface area contributed by atoms with Gasteiger partial charge in [0.05, 0.1) is 0 Å². The van der Waals surface area contributed by atoms with Gasteiger partial charge in [0, 0.05) is 5.97 Å². The minimum Gasteiger partial charge on any atom is -0.550 e. The van der Waals surface area contributed by atoms with E-state index in [0.29, 0.717) is 5.92 Å². The van der Waals surface area contributed by atoms with Gasteiger partial charge in [-0.2, -0.15) is 0 Å². The van der Waals surface area contributed by atoms with E-state index in [4.69, 9.17) is 0 Å². The van der Waals surface area contributed by atoms with E-state index in [2.05, 4.69) is 0 Å². The molecule has 2 nitrogen and oxygen atoms in total. The van der Waals surface area contributed by atoms with Crippen molar-refractivity contribution >= 4 is 5.97 Å². The van der Waals surface area contributed by atoms with Crippen LogP contribution in [-0.2, 0) is 4.79 Å². The smallest absolute Gasteiger partial charge is 0.550 e. The van der Waals surface area contributed by atoms with E-state index >= 15 is 0 Å². The molecule has 0 heterocycles. The number of carbonyl (C=O) groups excluding carboxylic acids is 1. The number of carbonyl (C=O) groups is 1. The first-order chi connectivity index (χ1) is 4.79. The Morgan fingerprint density at radius 1 is 1.36 bits per heavy atom. The maximum atomic E-state index is 10.0. The topological polar surface area (TPSA) is 40.1 Å². The zero-order valence-electron chi connectivity index (χ0n) is 7.14. The average Bonchev–Trinajstić information content (AvgIpc) is 2.34.